The fraction of sp³-hybridized carbons (Fsp3) is 0.219. The number of ether oxygens (including phenoxy) is 1. The minimum Gasteiger partial charge on any atom is -0.382 e. The van der Waals surface area contributed by atoms with Crippen LogP contribution >= 0.6 is 0 Å². The van der Waals surface area contributed by atoms with Crippen LogP contribution in [0.15, 0.2) is 90.2 Å². The van der Waals surface area contributed by atoms with E-state index in [4.69, 9.17) is 15.5 Å². The van der Waals surface area contributed by atoms with Crippen LogP contribution in [0.1, 0.15) is 28.7 Å². The van der Waals surface area contributed by atoms with Gasteiger partial charge in [-0.05, 0) is 49.8 Å². The quantitative estimate of drug-likeness (QED) is 0.303. The Morgan fingerprint density at radius 2 is 1.86 bits per heavy atom. The van der Waals surface area contributed by atoms with Gasteiger partial charge in [0.1, 0.15) is 22.9 Å². The Balaban J connectivity index is 1.34. The van der Waals surface area contributed by atoms with Gasteiger partial charge >= 0.3 is 0 Å². The van der Waals surface area contributed by atoms with E-state index < -0.39 is 11.5 Å². The third-order valence-corrected chi connectivity index (χ3v) is 7.30. The first-order chi connectivity index (χ1) is 20.8. The molecular weight excluding hydrogens is 544 g/mol. The highest BCUT2D eigenvalue weighted by Crippen LogP contribution is 2.25. The number of nitrogens with one attached hydrogen (secondary N) is 1. The van der Waals surface area contributed by atoms with Gasteiger partial charge in [0.2, 0.25) is 0 Å². The molecular formula is C32H34N8O3. The number of pyridine rings is 1. The molecule has 4 heterocycles. The van der Waals surface area contributed by atoms with Gasteiger partial charge in [0.05, 0.1) is 36.5 Å². The number of nitrogen functional groups attached to an aromatic ring is 1. The number of morpholine rings is 1. The number of aromatic nitrogens is 5. The van der Waals surface area contributed by atoms with E-state index in [0.29, 0.717) is 47.3 Å². The molecule has 3 N–H and O–H groups in total. The number of nitrogens with two attached hydrogens (primary N) is 1. The van der Waals surface area contributed by atoms with Gasteiger partial charge in [0, 0.05) is 37.6 Å². The molecule has 1 aromatic carbocycles. The van der Waals surface area contributed by atoms with Crippen LogP contribution < -0.4 is 21.5 Å². The molecule has 0 spiro atoms. The number of amides is 1. The number of allylic oxidation sites excluding steroid dienone is 4. The zero-order chi connectivity index (χ0) is 30.5. The summed E-state index contributed by atoms with van der Waals surface area (Å²) in [5.74, 6) is 0.567. The number of nitrogens with zero attached hydrogens (tertiary/aromatic N) is 6. The minimum absolute atomic E-state index is 0.0644. The summed E-state index contributed by atoms with van der Waals surface area (Å²) >= 11 is 0. The molecule has 220 valence electrons. The monoisotopic (exact) mass is 578 g/mol. The first-order valence-electron chi connectivity index (χ1n) is 13.9. The average molecular weight is 579 g/mol. The van der Waals surface area contributed by atoms with Crippen LogP contribution in [0.5, 0.6) is 0 Å². The summed E-state index contributed by atoms with van der Waals surface area (Å²) in [6, 6.07) is 13.0. The Morgan fingerprint density at radius 1 is 1.12 bits per heavy atom. The van der Waals surface area contributed by atoms with Crippen molar-refractivity contribution in [3.8, 4) is 16.9 Å². The number of carbonyl (C=O) groups is 1. The average Bonchev–Trinajstić information content (AvgIpc) is 3.26. The van der Waals surface area contributed by atoms with Crippen LogP contribution in [0.4, 0.5) is 11.6 Å². The highest BCUT2D eigenvalue weighted by molar-refractivity contribution is 5.96. The lowest BCUT2D eigenvalue weighted by atomic mass is 10.1. The fourth-order valence-corrected chi connectivity index (χ4v) is 4.82. The predicted octanol–water partition coefficient (Wildman–Crippen LogP) is 3.66. The van der Waals surface area contributed by atoms with Crippen LogP contribution in [0.25, 0.3) is 22.5 Å². The van der Waals surface area contributed by atoms with E-state index >= 15 is 0 Å². The topological polar surface area (TPSA) is 133 Å². The number of hydrogen-bond donors (Lipinski definition) is 2. The summed E-state index contributed by atoms with van der Waals surface area (Å²) in [5.41, 5.74) is 9.94. The lowest BCUT2D eigenvalue weighted by Crippen LogP contribution is -2.36. The molecule has 3 aromatic heterocycles. The lowest BCUT2D eigenvalue weighted by Gasteiger charge is -2.28. The van der Waals surface area contributed by atoms with E-state index in [1.165, 1.54) is 4.68 Å². The molecule has 0 saturated carbocycles. The second-order valence-corrected chi connectivity index (χ2v) is 9.98. The van der Waals surface area contributed by atoms with Crippen molar-refractivity contribution in [2.24, 2.45) is 7.05 Å². The third-order valence-electron chi connectivity index (χ3n) is 7.30. The maximum Gasteiger partial charge on any atom is 0.284 e. The van der Waals surface area contributed by atoms with E-state index in [1.807, 2.05) is 42.5 Å². The number of para-hydroxylation sites is 1. The van der Waals surface area contributed by atoms with Gasteiger partial charge in [-0.2, -0.15) is 0 Å². The highest BCUT2D eigenvalue weighted by Gasteiger charge is 2.22. The van der Waals surface area contributed by atoms with Crippen LogP contribution in [-0.2, 0) is 11.8 Å². The SMILES string of the molecule is C=C(C=CC(=CC)NC(=O)c1c(C)n(C)n(-c2ccccc2)c1=O)c1nc(-c2ccnc(N3CCOCC3)c2)cnc1N. The highest BCUT2D eigenvalue weighted by atomic mass is 16.5. The number of carbonyl (C=O) groups excluding carboxylic acids is 1. The van der Waals surface area contributed by atoms with E-state index in [2.05, 4.69) is 26.8 Å². The zero-order valence-electron chi connectivity index (χ0n) is 24.4. The third kappa shape index (κ3) is 6.16. The van der Waals surface area contributed by atoms with Crippen LogP contribution in [0, 0.1) is 6.92 Å². The first kappa shape index (κ1) is 29.2. The van der Waals surface area contributed by atoms with Gasteiger partial charge in [0.15, 0.2) is 0 Å². The Bertz CT molecular complexity index is 1780. The molecule has 1 fully saturated rings. The van der Waals surface area contributed by atoms with Gasteiger partial charge in [-0.15, -0.1) is 0 Å². The van der Waals surface area contributed by atoms with Crippen molar-refractivity contribution in [3.05, 3.63) is 113 Å². The molecule has 0 radical (unpaired) electrons. The van der Waals surface area contributed by atoms with Crippen molar-refractivity contribution < 1.29 is 9.53 Å². The molecule has 1 aliphatic rings. The second kappa shape index (κ2) is 12.7. The standard InChI is InChI=1S/C32H34N8O3/c1-5-24(36-31(41)28-22(3)38(4)40(32(28)42)25-9-7-6-8-10-25)12-11-21(2)29-30(33)35-20-26(37-29)23-13-14-34-27(19-23)39-15-17-43-18-16-39/h5-14,19-20H,2,15-18H2,1,3-4H3,(H2,33,35)(H,36,41). The Hall–Kier alpha value is -5.29. The van der Waals surface area contributed by atoms with Crippen LogP contribution in [0.2, 0.25) is 0 Å². The van der Waals surface area contributed by atoms with Crippen molar-refractivity contribution in [2.75, 3.05) is 36.9 Å². The molecule has 0 unspecified atom stereocenters. The summed E-state index contributed by atoms with van der Waals surface area (Å²) in [6.45, 7) is 10.5. The molecule has 1 aliphatic heterocycles. The molecule has 0 aliphatic carbocycles. The van der Waals surface area contributed by atoms with Crippen molar-refractivity contribution in [1.29, 1.82) is 0 Å². The summed E-state index contributed by atoms with van der Waals surface area (Å²) in [5, 5.41) is 2.83. The van der Waals surface area contributed by atoms with Crippen molar-refractivity contribution in [1.82, 2.24) is 29.6 Å². The maximum absolute atomic E-state index is 13.3. The largest absolute Gasteiger partial charge is 0.382 e. The number of benzene rings is 1. The Kier molecular flexibility index (Phi) is 8.63. The number of anilines is 2. The van der Waals surface area contributed by atoms with Gasteiger partial charge < -0.3 is 20.7 Å². The van der Waals surface area contributed by atoms with Gasteiger partial charge in [-0.3, -0.25) is 14.3 Å². The molecule has 4 aromatic rings. The Morgan fingerprint density at radius 3 is 2.58 bits per heavy atom. The predicted molar refractivity (Wildman–Crippen MR) is 168 cm³/mol. The molecule has 1 amide bonds. The zero-order valence-corrected chi connectivity index (χ0v) is 24.4. The number of hydrogen-bond acceptors (Lipinski definition) is 8. The summed E-state index contributed by atoms with van der Waals surface area (Å²) in [6.07, 6.45) is 8.48. The van der Waals surface area contributed by atoms with Crippen molar-refractivity contribution in [2.45, 2.75) is 13.8 Å². The fourth-order valence-electron chi connectivity index (χ4n) is 4.82. The van der Waals surface area contributed by atoms with E-state index in [0.717, 1.165) is 24.5 Å². The summed E-state index contributed by atoms with van der Waals surface area (Å²) < 4.78 is 8.59. The van der Waals surface area contributed by atoms with Gasteiger partial charge in [-0.1, -0.05) is 36.9 Å². The lowest BCUT2D eigenvalue weighted by molar-refractivity contribution is 0.0965. The minimum atomic E-state index is -0.508. The van der Waals surface area contributed by atoms with Crippen LogP contribution in [-0.4, -0.2) is 56.5 Å². The first-order valence-corrected chi connectivity index (χ1v) is 13.9. The molecule has 0 bridgehead atoms. The Labute approximate surface area is 249 Å². The molecule has 1 saturated heterocycles. The second-order valence-electron chi connectivity index (χ2n) is 9.98. The molecule has 11 nitrogen and oxygen atoms in total. The summed E-state index contributed by atoms with van der Waals surface area (Å²) in [4.78, 5) is 42.3. The van der Waals surface area contributed by atoms with Crippen LogP contribution in [0.3, 0.4) is 0 Å². The smallest absolute Gasteiger partial charge is 0.284 e. The molecule has 5 rings (SSSR count). The van der Waals surface area contributed by atoms with E-state index in [-0.39, 0.29) is 11.4 Å². The normalized spacial score (nSPS) is 13.8. The molecule has 0 atom stereocenters. The van der Waals surface area contributed by atoms with Gasteiger partial charge in [0.25, 0.3) is 11.5 Å². The number of rotatable bonds is 8. The maximum atomic E-state index is 13.3. The molecule has 43 heavy (non-hydrogen) atoms. The summed E-state index contributed by atoms with van der Waals surface area (Å²) in [7, 11) is 1.75. The van der Waals surface area contributed by atoms with Crippen molar-refractivity contribution in [3.63, 3.8) is 0 Å². The van der Waals surface area contributed by atoms with E-state index in [9.17, 15) is 9.59 Å². The molecule has 11 heteroatoms. The van der Waals surface area contributed by atoms with Gasteiger partial charge in [-0.25, -0.2) is 19.6 Å². The van der Waals surface area contributed by atoms with Crippen molar-refractivity contribution >= 4 is 23.1 Å². The van der Waals surface area contributed by atoms with E-state index in [1.54, 1.807) is 56.2 Å².